The Balaban J connectivity index is 2.54. The Morgan fingerprint density at radius 2 is 2.06 bits per heavy atom. The summed E-state index contributed by atoms with van der Waals surface area (Å²) in [5.74, 6) is -0.695. The van der Waals surface area contributed by atoms with Gasteiger partial charge in [0.2, 0.25) is 0 Å². The Hall–Kier alpha value is -1.11. The summed E-state index contributed by atoms with van der Waals surface area (Å²) in [7, 11) is 0. The number of ether oxygens (including phenoxy) is 1. The van der Waals surface area contributed by atoms with Crippen LogP contribution in [0.3, 0.4) is 0 Å². The van der Waals surface area contributed by atoms with Crippen LogP contribution < -0.4 is 5.32 Å². The molecule has 1 aromatic rings. The van der Waals surface area contributed by atoms with Crippen molar-refractivity contribution >= 4 is 34.5 Å². The number of carbonyl (C=O) groups is 2. The van der Waals surface area contributed by atoms with Crippen LogP contribution in [0, 0.1) is 3.57 Å². The molecule has 0 fully saturated rings. The smallest absolute Gasteiger partial charge is 0.325 e. The van der Waals surface area contributed by atoms with Crippen molar-refractivity contribution in [1.82, 2.24) is 5.32 Å². The molecule has 1 amide bonds. The summed E-state index contributed by atoms with van der Waals surface area (Å²) < 4.78 is 5.55. The normalized spacial score (nSPS) is 9.62. The molecular weight excluding hydrogens is 321 g/mol. The van der Waals surface area contributed by atoms with Crippen molar-refractivity contribution in [1.29, 1.82) is 0 Å². The van der Waals surface area contributed by atoms with Gasteiger partial charge in [-0.05, 0) is 41.6 Å². The second-order valence-corrected chi connectivity index (χ2v) is 4.13. The summed E-state index contributed by atoms with van der Waals surface area (Å²) in [6.07, 6.45) is 0. The van der Waals surface area contributed by atoms with Gasteiger partial charge in [0.05, 0.1) is 12.2 Å². The molecule has 0 heterocycles. The van der Waals surface area contributed by atoms with E-state index in [9.17, 15) is 9.59 Å². The highest BCUT2D eigenvalue weighted by Gasteiger charge is 2.10. The van der Waals surface area contributed by atoms with Crippen molar-refractivity contribution in [3.05, 3.63) is 33.4 Å². The molecule has 0 spiro atoms. The predicted molar refractivity (Wildman–Crippen MR) is 68.1 cm³/mol. The summed E-state index contributed by atoms with van der Waals surface area (Å²) in [6.45, 7) is 1.94. The molecular formula is C11H12INO3. The van der Waals surface area contributed by atoms with Gasteiger partial charge < -0.3 is 10.1 Å². The highest BCUT2D eigenvalue weighted by Crippen LogP contribution is 2.10. The van der Waals surface area contributed by atoms with Gasteiger partial charge >= 0.3 is 5.97 Å². The Morgan fingerprint density at radius 3 is 2.69 bits per heavy atom. The summed E-state index contributed by atoms with van der Waals surface area (Å²) in [5, 5.41) is 2.51. The fraction of sp³-hybridized carbons (Fsp3) is 0.273. The van der Waals surface area contributed by atoms with E-state index in [1.54, 1.807) is 19.1 Å². The van der Waals surface area contributed by atoms with Crippen molar-refractivity contribution in [3.8, 4) is 0 Å². The SMILES string of the molecule is CCOC(=O)CNC(=O)c1ccccc1I. The van der Waals surface area contributed by atoms with E-state index >= 15 is 0 Å². The van der Waals surface area contributed by atoms with E-state index in [0.717, 1.165) is 3.57 Å². The summed E-state index contributed by atoms with van der Waals surface area (Å²) in [4.78, 5) is 22.7. The van der Waals surface area contributed by atoms with Crippen molar-refractivity contribution in [3.63, 3.8) is 0 Å². The zero-order chi connectivity index (χ0) is 12.0. The van der Waals surface area contributed by atoms with Crippen LogP contribution in [0.1, 0.15) is 17.3 Å². The van der Waals surface area contributed by atoms with Crippen molar-refractivity contribution in [2.24, 2.45) is 0 Å². The number of nitrogens with one attached hydrogen (secondary N) is 1. The third kappa shape index (κ3) is 3.80. The van der Waals surface area contributed by atoms with E-state index in [1.807, 2.05) is 12.1 Å². The van der Waals surface area contributed by atoms with E-state index < -0.39 is 5.97 Å². The number of hydrogen-bond donors (Lipinski definition) is 1. The molecule has 0 bridgehead atoms. The van der Waals surface area contributed by atoms with Gasteiger partial charge in [-0.1, -0.05) is 12.1 Å². The zero-order valence-electron chi connectivity index (χ0n) is 8.83. The van der Waals surface area contributed by atoms with Gasteiger partial charge in [-0.15, -0.1) is 0 Å². The number of halogens is 1. The van der Waals surface area contributed by atoms with E-state index in [2.05, 4.69) is 27.9 Å². The van der Waals surface area contributed by atoms with E-state index in [4.69, 9.17) is 4.74 Å². The van der Waals surface area contributed by atoms with E-state index in [0.29, 0.717) is 12.2 Å². The van der Waals surface area contributed by atoms with Gasteiger partial charge in [0.15, 0.2) is 0 Å². The quantitative estimate of drug-likeness (QED) is 0.672. The number of amides is 1. The van der Waals surface area contributed by atoms with Gasteiger partial charge in [-0.3, -0.25) is 9.59 Å². The first-order chi connectivity index (χ1) is 7.65. The molecule has 1 N–H and O–H groups in total. The highest BCUT2D eigenvalue weighted by molar-refractivity contribution is 14.1. The Kier molecular flexibility index (Phi) is 5.24. The molecule has 0 aromatic heterocycles. The summed E-state index contributed by atoms with van der Waals surface area (Å²) >= 11 is 2.07. The molecule has 86 valence electrons. The first-order valence-corrected chi connectivity index (χ1v) is 5.91. The van der Waals surface area contributed by atoms with Gasteiger partial charge in [0, 0.05) is 3.57 Å². The van der Waals surface area contributed by atoms with Crippen LogP contribution in [-0.4, -0.2) is 25.0 Å². The average Bonchev–Trinajstić information content (AvgIpc) is 2.27. The molecule has 0 radical (unpaired) electrons. The number of esters is 1. The minimum absolute atomic E-state index is 0.0996. The third-order valence-corrected chi connectivity index (χ3v) is 2.76. The van der Waals surface area contributed by atoms with Crippen molar-refractivity contribution in [2.75, 3.05) is 13.2 Å². The fourth-order valence-electron chi connectivity index (χ4n) is 1.11. The minimum Gasteiger partial charge on any atom is -0.465 e. The molecule has 0 unspecified atom stereocenters. The molecule has 1 rings (SSSR count). The van der Waals surface area contributed by atoms with Gasteiger partial charge in [0.1, 0.15) is 6.54 Å². The molecule has 0 saturated carbocycles. The van der Waals surface area contributed by atoms with Crippen LogP contribution in [0.2, 0.25) is 0 Å². The van der Waals surface area contributed by atoms with Gasteiger partial charge in [-0.25, -0.2) is 0 Å². The molecule has 0 saturated heterocycles. The molecule has 16 heavy (non-hydrogen) atoms. The fourth-order valence-corrected chi connectivity index (χ4v) is 1.74. The van der Waals surface area contributed by atoms with Crippen LogP contribution in [0.15, 0.2) is 24.3 Å². The maximum Gasteiger partial charge on any atom is 0.325 e. The maximum absolute atomic E-state index is 11.7. The molecule has 5 heteroatoms. The third-order valence-electron chi connectivity index (χ3n) is 1.82. The topological polar surface area (TPSA) is 55.4 Å². The van der Waals surface area contributed by atoms with Crippen molar-refractivity contribution < 1.29 is 14.3 Å². The minimum atomic E-state index is -0.429. The van der Waals surface area contributed by atoms with Crippen LogP contribution in [0.5, 0.6) is 0 Å². The lowest BCUT2D eigenvalue weighted by Crippen LogP contribution is -2.31. The molecule has 0 aliphatic rings. The molecule has 0 atom stereocenters. The van der Waals surface area contributed by atoms with Gasteiger partial charge in [0.25, 0.3) is 5.91 Å². The van der Waals surface area contributed by atoms with Crippen LogP contribution in [-0.2, 0) is 9.53 Å². The Bertz CT molecular complexity index is 393. The van der Waals surface area contributed by atoms with Crippen molar-refractivity contribution in [2.45, 2.75) is 6.92 Å². The lowest BCUT2D eigenvalue weighted by Gasteiger charge is -2.06. The van der Waals surface area contributed by atoms with E-state index in [-0.39, 0.29) is 12.5 Å². The first kappa shape index (κ1) is 13.0. The second kappa shape index (κ2) is 6.47. The lowest BCUT2D eigenvalue weighted by molar-refractivity contribution is -0.141. The number of benzene rings is 1. The number of rotatable bonds is 4. The molecule has 0 aliphatic heterocycles. The lowest BCUT2D eigenvalue weighted by atomic mass is 10.2. The largest absolute Gasteiger partial charge is 0.465 e. The van der Waals surface area contributed by atoms with Crippen LogP contribution in [0.25, 0.3) is 0 Å². The zero-order valence-corrected chi connectivity index (χ0v) is 11.0. The molecule has 0 aliphatic carbocycles. The first-order valence-electron chi connectivity index (χ1n) is 4.83. The van der Waals surface area contributed by atoms with Gasteiger partial charge in [-0.2, -0.15) is 0 Å². The highest BCUT2D eigenvalue weighted by atomic mass is 127. The van der Waals surface area contributed by atoms with Crippen LogP contribution in [0.4, 0.5) is 0 Å². The Labute approximate surface area is 108 Å². The van der Waals surface area contributed by atoms with E-state index in [1.165, 1.54) is 0 Å². The standard InChI is InChI=1S/C11H12INO3/c1-2-16-10(14)7-13-11(15)8-5-3-4-6-9(8)12/h3-6H,2,7H2,1H3,(H,13,15). The summed E-state index contributed by atoms with van der Waals surface area (Å²) in [6, 6.07) is 7.17. The molecule has 4 nitrogen and oxygen atoms in total. The maximum atomic E-state index is 11.7. The predicted octanol–water partition coefficient (Wildman–Crippen LogP) is 1.58. The number of hydrogen-bond acceptors (Lipinski definition) is 3. The van der Waals surface area contributed by atoms with Crippen LogP contribution >= 0.6 is 22.6 Å². The second-order valence-electron chi connectivity index (χ2n) is 2.97. The Morgan fingerprint density at radius 1 is 1.38 bits per heavy atom. The average molecular weight is 333 g/mol. The molecule has 1 aromatic carbocycles. The monoisotopic (exact) mass is 333 g/mol. The summed E-state index contributed by atoms with van der Waals surface area (Å²) in [5.41, 5.74) is 0.562. The number of carbonyl (C=O) groups excluding carboxylic acids is 2.